The first-order valence-corrected chi connectivity index (χ1v) is 6.76. The van der Waals surface area contributed by atoms with Gasteiger partial charge in [0.15, 0.2) is 0 Å². The highest BCUT2D eigenvalue weighted by atomic mass is 35.5. The number of amides is 1. The summed E-state index contributed by atoms with van der Waals surface area (Å²) in [5.74, 6) is -0.605. The number of hydrogen-bond donors (Lipinski definition) is 1. The predicted octanol–water partition coefficient (Wildman–Crippen LogP) is 3.99. The third-order valence-electron chi connectivity index (χ3n) is 2.83. The largest absolute Gasteiger partial charge is 0.352 e. The smallest absolute Gasteiger partial charge is 0.224 e. The van der Waals surface area contributed by atoms with Gasteiger partial charge in [0, 0.05) is 22.2 Å². The molecule has 1 N–H and O–H groups in total. The van der Waals surface area contributed by atoms with Crippen LogP contribution in [-0.2, 0) is 17.8 Å². The van der Waals surface area contributed by atoms with Crippen molar-refractivity contribution < 1.29 is 9.18 Å². The van der Waals surface area contributed by atoms with E-state index in [0.717, 1.165) is 0 Å². The molecule has 0 atom stereocenters. The Kier molecular flexibility index (Phi) is 4.99. The molecule has 0 aliphatic heterocycles. The van der Waals surface area contributed by atoms with Gasteiger partial charge in [0.1, 0.15) is 5.82 Å². The van der Waals surface area contributed by atoms with Crippen LogP contribution in [0, 0.1) is 5.82 Å². The van der Waals surface area contributed by atoms with Gasteiger partial charge in [0.2, 0.25) is 5.91 Å². The van der Waals surface area contributed by atoms with Crippen molar-refractivity contribution in [3.8, 4) is 0 Å². The molecule has 0 heterocycles. The van der Waals surface area contributed by atoms with Gasteiger partial charge in [-0.15, -0.1) is 0 Å². The highest BCUT2D eigenvalue weighted by Crippen LogP contribution is 2.24. The lowest BCUT2D eigenvalue weighted by atomic mass is 10.1. The SMILES string of the molecule is O=C(Cc1c(Cl)cccc1Cl)NCc1ccccc1F. The molecule has 5 heteroatoms. The number of carbonyl (C=O) groups is 1. The van der Waals surface area contributed by atoms with Crippen LogP contribution in [0.5, 0.6) is 0 Å². The molecule has 2 nitrogen and oxygen atoms in total. The summed E-state index contributed by atoms with van der Waals surface area (Å²) in [6.45, 7) is 0.133. The van der Waals surface area contributed by atoms with Crippen LogP contribution in [0.1, 0.15) is 11.1 Å². The van der Waals surface area contributed by atoms with Crippen molar-refractivity contribution >= 4 is 29.1 Å². The Morgan fingerprint density at radius 3 is 2.35 bits per heavy atom. The van der Waals surface area contributed by atoms with Crippen molar-refractivity contribution in [3.05, 3.63) is 69.5 Å². The summed E-state index contributed by atoms with van der Waals surface area (Å²) in [5.41, 5.74) is 1.01. The lowest BCUT2D eigenvalue weighted by Gasteiger charge is -2.08. The summed E-state index contributed by atoms with van der Waals surface area (Å²) >= 11 is 12.0. The van der Waals surface area contributed by atoms with Gasteiger partial charge in [-0.2, -0.15) is 0 Å². The third-order valence-corrected chi connectivity index (χ3v) is 3.54. The van der Waals surface area contributed by atoms with Gasteiger partial charge < -0.3 is 5.32 Å². The molecule has 2 rings (SSSR count). The molecule has 0 spiro atoms. The maximum absolute atomic E-state index is 13.4. The summed E-state index contributed by atoms with van der Waals surface area (Å²) in [7, 11) is 0. The number of hydrogen-bond acceptors (Lipinski definition) is 1. The second-order valence-electron chi connectivity index (χ2n) is 4.25. The van der Waals surface area contributed by atoms with E-state index in [9.17, 15) is 9.18 Å². The minimum Gasteiger partial charge on any atom is -0.352 e. The summed E-state index contributed by atoms with van der Waals surface area (Å²) in [6, 6.07) is 11.4. The fourth-order valence-corrected chi connectivity index (χ4v) is 2.29. The zero-order valence-corrected chi connectivity index (χ0v) is 12.0. The maximum Gasteiger partial charge on any atom is 0.224 e. The van der Waals surface area contributed by atoms with E-state index in [0.29, 0.717) is 21.2 Å². The van der Waals surface area contributed by atoms with Crippen molar-refractivity contribution in [2.24, 2.45) is 0 Å². The molecule has 0 saturated carbocycles. The molecule has 0 unspecified atom stereocenters. The Morgan fingerprint density at radius 2 is 1.70 bits per heavy atom. The highest BCUT2D eigenvalue weighted by molar-refractivity contribution is 6.36. The summed E-state index contributed by atoms with van der Waals surface area (Å²) in [6.07, 6.45) is 0.0625. The van der Waals surface area contributed by atoms with Crippen molar-refractivity contribution in [2.75, 3.05) is 0 Å². The van der Waals surface area contributed by atoms with Gasteiger partial charge >= 0.3 is 0 Å². The minimum atomic E-state index is -0.344. The van der Waals surface area contributed by atoms with E-state index in [1.165, 1.54) is 6.07 Å². The lowest BCUT2D eigenvalue weighted by molar-refractivity contribution is -0.120. The second kappa shape index (κ2) is 6.73. The van der Waals surface area contributed by atoms with Crippen molar-refractivity contribution in [1.82, 2.24) is 5.32 Å². The molecule has 0 aromatic heterocycles. The summed E-state index contributed by atoms with van der Waals surface area (Å²) in [4.78, 5) is 11.9. The molecule has 2 aromatic carbocycles. The molecule has 0 fully saturated rings. The number of halogens is 3. The maximum atomic E-state index is 13.4. The molecular formula is C15H12Cl2FNO. The summed E-state index contributed by atoms with van der Waals surface area (Å²) in [5, 5.41) is 3.53. The molecule has 104 valence electrons. The Labute approximate surface area is 126 Å². The molecular weight excluding hydrogens is 300 g/mol. The highest BCUT2D eigenvalue weighted by Gasteiger charge is 2.11. The summed E-state index contributed by atoms with van der Waals surface area (Å²) < 4.78 is 13.4. The standard InChI is InChI=1S/C15H12Cl2FNO/c16-12-5-3-6-13(17)11(12)8-15(20)19-9-10-4-1-2-7-14(10)18/h1-7H,8-9H2,(H,19,20). The van der Waals surface area contributed by atoms with Gasteiger partial charge in [0.25, 0.3) is 0 Å². The average Bonchev–Trinajstić information content (AvgIpc) is 2.42. The van der Waals surface area contributed by atoms with Crippen LogP contribution in [-0.4, -0.2) is 5.91 Å². The van der Waals surface area contributed by atoms with Gasteiger partial charge in [0.05, 0.1) is 6.42 Å². The normalized spacial score (nSPS) is 10.3. The van der Waals surface area contributed by atoms with E-state index < -0.39 is 0 Å². The molecule has 0 radical (unpaired) electrons. The fourth-order valence-electron chi connectivity index (χ4n) is 1.76. The quantitative estimate of drug-likeness (QED) is 0.908. The van der Waals surface area contributed by atoms with E-state index in [1.54, 1.807) is 36.4 Å². The first-order valence-electron chi connectivity index (χ1n) is 6.01. The Hall–Kier alpha value is -1.58. The zero-order valence-electron chi connectivity index (χ0n) is 10.5. The average molecular weight is 312 g/mol. The van der Waals surface area contributed by atoms with Crippen LogP contribution >= 0.6 is 23.2 Å². The zero-order chi connectivity index (χ0) is 14.5. The van der Waals surface area contributed by atoms with Crippen molar-refractivity contribution in [3.63, 3.8) is 0 Å². The van der Waals surface area contributed by atoms with Gasteiger partial charge in [-0.1, -0.05) is 47.5 Å². The van der Waals surface area contributed by atoms with Crippen LogP contribution in [0.15, 0.2) is 42.5 Å². The first-order chi connectivity index (χ1) is 9.58. The van der Waals surface area contributed by atoms with Gasteiger partial charge in [-0.3, -0.25) is 4.79 Å². The van der Waals surface area contributed by atoms with Crippen molar-refractivity contribution in [1.29, 1.82) is 0 Å². The molecule has 1 amide bonds. The lowest BCUT2D eigenvalue weighted by Crippen LogP contribution is -2.25. The molecule has 0 saturated heterocycles. The van der Waals surface area contributed by atoms with E-state index in [-0.39, 0.29) is 24.7 Å². The molecule has 20 heavy (non-hydrogen) atoms. The molecule has 2 aromatic rings. The van der Waals surface area contributed by atoms with E-state index in [2.05, 4.69) is 5.32 Å². The number of benzene rings is 2. The minimum absolute atomic E-state index is 0.0625. The molecule has 0 bridgehead atoms. The molecule has 0 aliphatic carbocycles. The number of rotatable bonds is 4. The Bertz CT molecular complexity index is 611. The van der Waals surface area contributed by atoms with E-state index in [1.807, 2.05) is 0 Å². The molecule has 0 aliphatic rings. The Morgan fingerprint density at radius 1 is 1.05 bits per heavy atom. The Balaban J connectivity index is 1.98. The first kappa shape index (κ1) is 14.8. The van der Waals surface area contributed by atoms with Crippen LogP contribution in [0.4, 0.5) is 4.39 Å². The van der Waals surface area contributed by atoms with Crippen LogP contribution in [0.3, 0.4) is 0 Å². The van der Waals surface area contributed by atoms with Gasteiger partial charge in [-0.25, -0.2) is 4.39 Å². The van der Waals surface area contributed by atoms with Gasteiger partial charge in [-0.05, 0) is 23.8 Å². The monoisotopic (exact) mass is 311 g/mol. The topological polar surface area (TPSA) is 29.1 Å². The number of nitrogens with one attached hydrogen (secondary N) is 1. The van der Waals surface area contributed by atoms with Crippen LogP contribution in [0.25, 0.3) is 0 Å². The number of carbonyl (C=O) groups excluding carboxylic acids is 1. The fraction of sp³-hybridized carbons (Fsp3) is 0.133. The van der Waals surface area contributed by atoms with E-state index in [4.69, 9.17) is 23.2 Å². The van der Waals surface area contributed by atoms with Crippen LogP contribution < -0.4 is 5.32 Å². The second-order valence-corrected chi connectivity index (χ2v) is 5.06. The predicted molar refractivity (Wildman–Crippen MR) is 78.4 cm³/mol. The van der Waals surface area contributed by atoms with Crippen LogP contribution in [0.2, 0.25) is 10.0 Å². The van der Waals surface area contributed by atoms with E-state index >= 15 is 0 Å². The third kappa shape index (κ3) is 3.71. The van der Waals surface area contributed by atoms with Crippen molar-refractivity contribution in [2.45, 2.75) is 13.0 Å².